The van der Waals surface area contributed by atoms with Crippen LogP contribution in [0.3, 0.4) is 0 Å². The fraction of sp³-hybridized carbons (Fsp3) is 0.176. The average Bonchev–Trinajstić information content (AvgIpc) is 2.61. The van der Waals surface area contributed by atoms with Gasteiger partial charge in [0.25, 0.3) is 5.91 Å². The molecule has 1 amide bonds. The van der Waals surface area contributed by atoms with Crippen LogP contribution < -0.4 is 14.8 Å². The topological polar surface area (TPSA) is 73.9 Å². The predicted molar refractivity (Wildman–Crippen MR) is 84.9 cm³/mol. The van der Waals surface area contributed by atoms with E-state index in [0.717, 1.165) is 0 Å². The van der Waals surface area contributed by atoms with Gasteiger partial charge < -0.3 is 19.5 Å². The van der Waals surface area contributed by atoms with Gasteiger partial charge in [-0.05, 0) is 24.3 Å². The molecular formula is C17H16FNO5. The summed E-state index contributed by atoms with van der Waals surface area (Å²) in [5.41, 5.74) is 0.196. The highest BCUT2D eigenvalue weighted by Gasteiger charge is 2.16. The van der Waals surface area contributed by atoms with Crippen LogP contribution >= 0.6 is 0 Å². The Kier molecular flexibility index (Phi) is 5.73. The second-order valence-electron chi connectivity index (χ2n) is 4.67. The highest BCUT2D eigenvalue weighted by atomic mass is 19.1. The van der Waals surface area contributed by atoms with E-state index in [1.54, 1.807) is 12.1 Å². The van der Waals surface area contributed by atoms with Crippen molar-refractivity contribution in [2.45, 2.75) is 0 Å². The van der Waals surface area contributed by atoms with Crippen LogP contribution in [0.1, 0.15) is 10.4 Å². The maximum atomic E-state index is 13.5. The maximum Gasteiger partial charge on any atom is 0.341 e. The van der Waals surface area contributed by atoms with Crippen LogP contribution in [-0.2, 0) is 9.53 Å². The number of halogens is 1. The van der Waals surface area contributed by atoms with Crippen molar-refractivity contribution in [3.8, 4) is 11.5 Å². The van der Waals surface area contributed by atoms with E-state index in [2.05, 4.69) is 10.1 Å². The number of hydrogen-bond donors (Lipinski definition) is 1. The molecule has 0 saturated carbocycles. The third kappa shape index (κ3) is 4.22. The van der Waals surface area contributed by atoms with E-state index in [-0.39, 0.29) is 17.0 Å². The Morgan fingerprint density at radius 1 is 1.12 bits per heavy atom. The van der Waals surface area contributed by atoms with Gasteiger partial charge in [0.2, 0.25) is 0 Å². The molecule has 0 saturated heterocycles. The fourth-order valence-corrected chi connectivity index (χ4v) is 1.92. The number of carbonyl (C=O) groups excluding carboxylic acids is 2. The molecule has 24 heavy (non-hydrogen) atoms. The van der Waals surface area contributed by atoms with Crippen LogP contribution in [0.2, 0.25) is 0 Å². The molecule has 126 valence electrons. The zero-order valence-electron chi connectivity index (χ0n) is 13.2. The molecule has 0 aliphatic rings. The van der Waals surface area contributed by atoms with Crippen LogP contribution in [0.15, 0.2) is 42.5 Å². The molecule has 0 spiro atoms. The molecule has 7 heteroatoms. The summed E-state index contributed by atoms with van der Waals surface area (Å²) in [4.78, 5) is 23.6. The van der Waals surface area contributed by atoms with Gasteiger partial charge in [-0.3, -0.25) is 4.79 Å². The lowest BCUT2D eigenvalue weighted by atomic mass is 10.2. The van der Waals surface area contributed by atoms with E-state index in [9.17, 15) is 14.0 Å². The van der Waals surface area contributed by atoms with Crippen molar-refractivity contribution in [1.29, 1.82) is 0 Å². The van der Waals surface area contributed by atoms with Gasteiger partial charge in [-0.15, -0.1) is 0 Å². The van der Waals surface area contributed by atoms with Crippen molar-refractivity contribution >= 4 is 17.6 Å². The Hall–Kier alpha value is -3.09. The monoisotopic (exact) mass is 333 g/mol. The molecule has 0 unspecified atom stereocenters. The van der Waals surface area contributed by atoms with E-state index in [0.29, 0.717) is 5.75 Å². The van der Waals surface area contributed by atoms with Gasteiger partial charge in [0.15, 0.2) is 6.61 Å². The molecule has 2 rings (SSSR count). The van der Waals surface area contributed by atoms with Crippen LogP contribution in [0, 0.1) is 5.82 Å². The summed E-state index contributed by atoms with van der Waals surface area (Å²) in [6, 6.07) is 10.3. The molecule has 0 bridgehead atoms. The number of para-hydroxylation sites is 1. The van der Waals surface area contributed by atoms with Crippen LogP contribution in [0.25, 0.3) is 0 Å². The number of esters is 1. The first-order chi connectivity index (χ1) is 11.5. The number of hydrogen-bond acceptors (Lipinski definition) is 5. The normalized spacial score (nSPS) is 9.96. The summed E-state index contributed by atoms with van der Waals surface area (Å²) in [6.45, 7) is -0.411. The van der Waals surface area contributed by atoms with Crippen LogP contribution in [-0.4, -0.2) is 32.7 Å². The minimum atomic E-state index is -0.609. The van der Waals surface area contributed by atoms with E-state index in [4.69, 9.17) is 9.47 Å². The molecule has 6 nitrogen and oxygen atoms in total. The minimum Gasteiger partial charge on any atom is -0.497 e. The number of rotatable bonds is 6. The van der Waals surface area contributed by atoms with Crippen molar-refractivity contribution < 1.29 is 28.2 Å². The number of ether oxygens (including phenoxy) is 3. The Balaban J connectivity index is 2.09. The third-order valence-corrected chi connectivity index (χ3v) is 3.10. The second kappa shape index (κ2) is 7.96. The lowest BCUT2D eigenvalue weighted by Gasteiger charge is -2.12. The molecule has 0 aromatic heterocycles. The largest absolute Gasteiger partial charge is 0.497 e. The molecule has 0 aliphatic heterocycles. The molecule has 0 heterocycles. The smallest absolute Gasteiger partial charge is 0.341 e. The predicted octanol–water partition coefficient (Wildman–Crippen LogP) is 2.64. The van der Waals surface area contributed by atoms with Crippen molar-refractivity contribution in [2.24, 2.45) is 0 Å². The molecular weight excluding hydrogens is 317 g/mol. The molecule has 0 aliphatic carbocycles. The van der Waals surface area contributed by atoms with Gasteiger partial charge in [-0.1, -0.05) is 12.1 Å². The number of amides is 1. The Bertz CT molecular complexity index is 748. The Labute approximate surface area is 138 Å². The fourth-order valence-electron chi connectivity index (χ4n) is 1.92. The number of carbonyl (C=O) groups is 2. The van der Waals surface area contributed by atoms with Gasteiger partial charge in [-0.25, -0.2) is 9.18 Å². The quantitative estimate of drug-likeness (QED) is 0.823. The van der Waals surface area contributed by atoms with Crippen LogP contribution in [0.4, 0.5) is 10.1 Å². The molecule has 2 aromatic rings. The highest BCUT2D eigenvalue weighted by molar-refractivity contribution is 5.94. The first-order valence-electron chi connectivity index (χ1n) is 6.98. The van der Waals surface area contributed by atoms with Gasteiger partial charge in [-0.2, -0.15) is 0 Å². The van der Waals surface area contributed by atoms with Gasteiger partial charge in [0.05, 0.1) is 19.9 Å². The van der Waals surface area contributed by atoms with Crippen molar-refractivity contribution in [1.82, 2.24) is 0 Å². The van der Waals surface area contributed by atoms with Gasteiger partial charge in [0, 0.05) is 6.07 Å². The van der Waals surface area contributed by atoms with Gasteiger partial charge in [0.1, 0.15) is 22.9 Å². The molecule has 0 fully saturated rings. The lowest BCUT2D eigenvalue weighted by Crippen LogP contribution is -2.21. The summed E-state index contributed by atoms with van der Waals surface area (Å²) in [5, 5.41) is 2.39. The van der Waals surface area contributed by atoms with E-state index < -0.39 is 24.3 Å². The first kappa shape index (κ1) is 17.3. The molecule has 2 aromatic carbocycles. The average molecular weight is 333 g/mol. The number of anilines is 1. The molecule has 1 N–H and O–H groups in total. The Morgan fingerprint density at radius 3 is 2.54 bits per heavy atom. The first-order valence-corrected chi connectivity index (χ1v) is 6.98. The number of methoxy groups -OCH3 is 2. The zero-order valence-corrected chi connectivity index (χ0v) is 13.2. The van der Waals surface area contributed by atoms with E-state index in [1.807, 2.05) is 0 Å². The SMILES string of the molecule is COC(=O)c1ccc(OC)cc1OCC(=O)Nc1ccccc1F. The standard InChI is InChI=1S/C17H16FNO5/c1-22-11-7-8-12(17(21)23-2)15(9-11)24-10-16(20)19-14-6-4-3-5-13(14)18/h3-9H,10H2,1-2H3,(H,19,20). The highest BCUT2D eigenvalue weighted by Crippen LogP contribution is 2.25. The maximum absolute atomic E-state index is 13.5. The van der Waals surface area contributed by atoms with Crippen molar-refractivity contribution in [2.75, 3.05) is 26.1 Å². The van der Waals surface area contributed by atoms with Crippen molar-refractivity contribution in [3.63, 3.8) is 0 Å². The summed E-state index contributed by atoms with van der Waals surface area (Å²) < 4.78 is 28.6. The van der Waals surface area contributed by atoms with Crippen molar-refractivity contribution in [3.05, 3.63) is 53.8 Å². The third-order valence-electron chi connectivity index (χ3n) is 3.10. The Morgan fingerprint density at radius 2 is 1.88 bits per heavy atom. The number of nitrogens with one attached hydrogen (secondary N) is 1. The molecule has 0 atom stereocenters. The molecule has 0 radical (unpaired) electrons. The summed E-state index contributed by atoms with van der Waals surface area (Å²) in [5.74, 6) is -1.15. The minimum absolute atomic E-state index is 0.0462. The zero-order chi connectivity index (χ0) is 17.5. The van der Waals surface area contributed by atoms with Crippen LogP contribution in [0.5, 0.6) is 11.5 Å². The van der Waals surface area contributed by atoms with E-state index in [1.165, 1.54) is 44.6 Å². The summed E-state index contributed by atoms with van der Waals surface area (Å²) >= 11 is 0. The van der Waals surface area contributed by atoms with Gasteiger partial charge >= 0.3 is 5.97 Å². The second-order valence-corrected chi connectivity index (χ2v) is 4.67. The summed E-state index contributed by atoms with van der Waals surface area (Å²) in [7, 11) is 2.70. The van der Waals surface area contributed by atoms with E-state index >= 15 is 0 Å². The number of benzene rings is 2. The summed E-state index contributed by atoms with van der Waals surface area (Å²) in [6.07, 6.45) is 0. The lowest BCUT2D eigenvalue weighted by molar-refractivity contribution is -0.118.